The van der Waals surface area contributed by atoms with Gasteiger partial charge in [0.1, 0.15) is 23.7 Å². The van der Waals surface area contributed by atoms with Gasteiger partial charge in [0.2, 0.25) is 0 Å². The summed E-state index contributed by atoms with van der Waals surface area (Å²) in [6, 6.07) is 11.2. The Labute approximate surface area is 167 Å². The second-order valence-corrected chi connectivity index (χ2v) is 7.01. The smallest absolute Gasteiger partial charge is 0.264 e. The second-order valence-electron chi connectivity index (χ2n) is 7.01. The zero-order valence-electron chi connectivity index (χ0n) is 16.4. The highest BCUT2D eigenvalue weighted by Gasteiger charge is 2.14. The zero-order valence-corrected chi connectivity index (χ0v) is 16.4. The minimum absolute atomic E-state index is 0.204. The van der Waals surface area contributed by atoms with Crippen LogP contribution in [0.15, 0.2) is 53.7 Å². The molecule has 4 aromatic rings. The molecule has 4 rings (SSSR count). The third-order valence-corrected chi connectivity index (χ3v) is 4.79. The average molecular weight is 388 g/mol. The van der Waals surface area contributed by atoms with Gasteiger partial charge in [-0.2, -0.15) is 5.10 Å². The lowest BCUT2D eigenvalue weighted by Gasteiger charge is -2.11. The molecule has 0 bridgehead atoms. The van der Waals surface area contributed by atoms with E-state index in [1.807, 2.05) is 26.0 Å². The van der Waals surface area contributed by atoms with Crippen molar-refractivity contribution in [1.82, 2.24) is 19.3 Å². The molecule has 0 radical (unpaired) electrons. The summed E-state index contributed by atoms with van der Waals surface area (Å²) in [4.78, 5) is 28.6. The Hall–Kier alpha value is -3.74. The molecule has 2 aromatic carbocycles. The van der Waals surface area contributed by atoms with Gasteiger partial charge < -0.3 is 4.74 Å². The van der Waals surface area contributed by atoms with Gasteiger partial charge in [0.15, 0.2) is 5.65 Å². The predicted octanol–water partition coefficient (Wildman–Crippen LogP) is 3.07. The number of fused-ring (bicyclic) bond motifs is 1. The van der Waals surface area contributed by atoms with Crippen molar-refractivity contribution in [2.45, 2.75) is 20.4 Å². The van der Waals surface area contributed by atoms with Crippen LogP contribution in [0.25, 0.3) is 16.7 Å². The lowest BCUT2D eigenvalue weighted by Crippen LogP contribution is -2.21. The Balaban J connectivity index is 1.79. The molecule has 0 aliphatic heterocycles. The van der Waals surface area contributed by atoms with E-state index in [2.05, 4.69) is 16.1 Å². The summed E-state index contributed by atoms with van der Waals surface area (Å²) in [6.45, 7) is 4.27. The molecule has 0 saturated carbocycles. The van der Waals surface area contributed by atoms with Gasteiger partial charge in [-0.05, 0) is 55.3 Å². The fourth-order valence-electron chi connectivity index (χ4n) is 3.50. The molecule has 0 aliphatic carbocycles. The van der Waals surface area contributed by atoms with Gasteiger partial charge in [-0.25, -0.2) is 9.67 Å². The van der Waals surface area contributed by atoms with Crippen LogP contribution in [-0.2, 0) is 6.54 Å². The summed E-state index contributed by atoms with van der Waals surface area (Å²) in [6.07, 6.45) is 3.80. The van der Waals surface area contributed by atoms with Gasteiger partial charge in [-0.1, -0.05) is 6.07 Å². The highest BCUT2D eigenvalue weighted by atomic mass is 16.5. The van der Waals surface area contributed by atoms with E-state index in [9.17, 15) is 9.59 Å². The minimum atomic E-state index is -0.204. The number of rotatable bonds is 5. The molecule has 7 heteroatoms. The highest BCUT2D eigenvalue weighted by molar-refractivity contribution is 5.76. The second kappa shape index (κ2) is 7.35. The van der Waals surface area contributed by atoms with Gasteiger partial charge in [0.05, 0.1) is 25.5 Å². The van der Waals surface area contributed by atoms with Gasteiger partial charge in [0.25, 0.3) is 5.56 Å². The van der Waals surface area contributed by atoms with Crippen LogP contribution in [0.1, 0.15) is 27.0 Å². The molecule has 29 heavy (non-hydrogen) atoms. The quantitative estimate of drug-likeness (QED) is 0.491. The lowest BCUT2D eigenvalue weighted by molar-refractivity contribution is 0.112. The van der Waals surface area contributed by atoms with Crippen LogP contribution in [0.4, 0.5) is 0 Å². The number of nitrogens with zero attached hydrogens (tertiary/aromatic N) is 4. The molecular formula is C22H20N4O3. The van der Waals surface area contributed by atoms with Gasteiger partial charge >= 0.3 is 0 Å². The number of ether oxygens (including phenoxy) is 1. The van der Waals surface area contributed by atoms with Crippen LogP contribution in [0.5, 0.6) is 5.75 Å². The summed E-state index contributed by atoms with van der Waals surface area (Å²) in [5, 5.41) is 4.82. The predicted molar refractivity (Wildman–Crippen MR) is 110 cm³/mol. The van der Waals surface area contributed by atoms with Crippen molar-refractivity contribution in [3.8, 4) is 11.4 Å². The fourth-order valence-corrected chi connectivity index (χ4v) is 3.50. The van der Waals surface area contributed by atoms with Crippen LogP contribution in [0.2, 0.25) is 0 Å². The Bertz CT molecular complexity index is 1270. The largest absolute Gasteiger partial charge is 0.496 e. The molecule has 7 nitrogen and oxygen atoms in total. The molecule has 146 valence electrons. The normalized spacial score (nSPS) is 11.0. The zero-order chi connectivity index (χ0) is 20.5. The monoisotopic (exact) mass is 388 g/mol. The third-order valence-electron chi connectivity index (χ3n) is 4.79. The fraction of sp³-hybridized carbons (Fsp3) is 0.182. The molecule has 0 spiro atoms. The van der Waals surface area contributed by atoms with Crippen LogP contribution < -0.4 is 10.3 Å². The molecule has 0 saturated heterocycles. The first-order valence-corrected chi connectivity index (χ1v) is 9.14. The first kappa shape index (κ1) is 18.6. The molecule has 0 atom stereocenters. The maximum Gasteiger partial charge on any atom is 0.264 e. The molecule has 0 fully saturated rings. The number of carbonyl (C=O) groups is 1. The number of carbonyl (C=O) groups excluding carboxylic acids is 1. The number of hydrogen-bond acceptors (Lipinski definition) is 5. The van der Waals surface area contributed by atoms with Crippen LogP contribution in [0, 0.1) is 13.8 Å². The van der Waals surface area contributed by atoms with Crippen molar-refractivity contribution in [2.75, 3.05) is 7.11 Å². The van der Waals surface area contributed by atoms with Crippen LogP contribution in [0.3, 0.4) is 0 Å². The molecule has 2 aromatic heterocycles. The van der Waals surface area contributed by atoms with Crippen molar-refractivity contribution >= 4 is 17.3 Å². The number of methoxy groups -OCH3 is 1. The van der Waals surface area contributed by atoms with Crippen molar-refractivity contribution in [3.05, 3.63) is 81.5 Å². The highest BCUT2D eigenvalue weighted by Crippen LogP contribution is 2.21. The molecule has 0 N–H and O–H groups in total. The van der Waals surface area contributed by atoms with Crippen LogP contribution in [-0.4, -0.2) is 32.7 Å². The maximum absolute atomic E-state index is 13.0. The summed E-state index contributed by atoms with van der Waals surface area (Å²) >= 11 is 0. The van der Waals surface area contributed by atoms with Gasteiger partial charge in [0, 0.05) is 11.1 Å². The Morgan fingerprint density at radius 1 is 1.10 bits per heavy atom. The molecule has 0 aliphatic rings. The topological polar surface area (TPSA) is 79.0 Å². The molecule has 0 amide bonds. The van der Waals surface area contributed by atoms with Gasteiger partial charge in [-0.15, -0.1) is 0 Å². The standard InChI is InChI=1S/C22H20N4O3/c1-14-6-15(2)8-18(7-14)26-21-19(10-24-26)22(28)25(13-23-21)11-17-9-16(12-27)4-5-20(17)29-3/h4-10,12-13H,11H2,1-3H3. The minimum Gasteiger partial charge on any atom is -0.496 e. The van der Waals surface area contributed by atoms with E-state index in [0.717, 1.165) is 28.7 Å². The van der Waals surface area contributed by atoms with Crippen molar-refractivity contribution < 1.29 is 9.53 Å². The van der Waals surface area contributed by atoms with E-state index < -0.39 is 0 Å². The number of aryl methyl sites for hydroxylation is 2. The number of benzene rings is 2. The summed E-state index contributed by atoms with van der Waals surface area (Å²) < 4.78 is 8.52. The Kier molecular flexibility index (Phi) is 4.72. The van der Waals surface area contributed by atoms with E-state index in [0.29, 0.717) is 22.3 Å². The van der Waals surface area contributed by atoms with E-state index in [-0.39, 0.29) is 12.1 Å². The van der Waals surface area contributed by atoms with E-state index >= 15 is 0 Å². The number of hydrogen-bond donors (Lipinski definition) is 0. The van der Waals surface area contributed by atoms with Gasteiger partial charge in [-0.3, -0.25) is 14.2 Å². The molecule has 0 unspecified atom stereocenters. The summed E-state index contributed by atoms with van der Waals surface area (Å²) in [7, 11) is 1.55. The first-order valence-electron chi connectivity index (χ1n) is 9.14. The van der Waals surface area contributed by atoms with Crippen molar-refractivity contribution in [3.63, 3.8) is 0 Å². The van der Waals surface area contributed by atoms with E-state index in [4.69, 9.17) is 4.74 Å². The SMILES string of the molecule is COc1ccc(C=O)cc1Cn1cnc2c(cnn2-c2cc(C)cc(C)c2)c1=O. The Morgan fingerprint density at radius 3 is 2.55 bits per heavy atom. The maximum atomic E-state index is 13.0. The molecular weight excluding hydrogens is 368 g/mol. The van der Waals surface area contributed by atoms with E-state index in [1.54, 1.807) is 30.0 Å². The van der Waals surface area contributed by atoms with Crippen molar-refractivity contribution in [2.24, 2.45) is 0 Å². The van der Waals surface area contributed by atoms with Crippen LogP contribution >= 0.6 is 0 Å². The number of aldehydes is 1. The number of aromatic nitrogens is 4. The third kappa shape index (κ3) is 3.42. The first-order chi connectivity index (χ1) is 14.0. The Morgan fingerprint density at radius 2 is 1.86 bits per heavy atom. The average Bonchev–Trinajstić information content (AvgIpc) is 3.14. The molecule has 2 heterocycles. The lowest BCUT2D eigenvalue weighted by atomic mass is 10.1. The van der Waals surface area contributed by atoms with E-state index in [1.165, 1.54) is 17.1 Å². The van der Waals surface area contributed by atoms with Crippen molar-refractivity contribution in [1.29, 1.82) is 0 Å². The summed E-state index contributed by atoms with van der Waals surface area (Å²) in [5.74, 6) is 0.605. The summed E-state index contributed by atoms with van der Waals surface area (Å²) in [5.41, 5.74) is 4.63.